The maximum absolute atomic E-state index is 13.2. The summed E-state index contributed by atoms with van der Waals surface area (Å²) in [5.41, 5.74) is -2.56. The molecule has 1 aromatic rings. The minimum atomic E-state index is -4.62. The standard InChI is InChI=1S/C12H14F3N3O2/c1-18-6-8(2-3-9(18)19)17-10(20)11(12(13,14)15)4-5-16-7-11/h2-3,6,16H,4-5,7H2,1H3,(H,17,20). The number of aromatic nitrogens is 1. The quantitative estimate of drug-likeness (QED) is 0.849. The average Bonchev–Trinajstić information content (AvgIpc) is 2.84. The van der Waals surface area contributed by atoms with Gasteiger partial charge in [0.25, 0.3) is 0 Å². The van der Waals surface area contributed by atoms with Crippen molar-refractivity contribution in [2.45, 2.75) is 12.6 Å². The van der Waals surface area contributed by atoms with Gasteiger partial charge in [0.1, 0.15) is 0 Å². The Morgan fingerprint density at radius 3 is 2.65 bits per heavy atom. The monoisotopic (exact) mass is 289 g/mol. The first-order chi connectivity index (χ1) is 9.26. The molecule has 1 amide bonds. The predicted octanol–water partition coefficient (Wildman–Crippen LogP) is 0.866. The largest absolute Gasteiger partial charge is 0.404 e. The molecule has 0 spiro atoms. The topological polar surface area (TPSA) is 63.1 Å². The van der Waals surface area contributed by atoms with Crippen molar-refractivity contribution in [3.05, 3.63) is 28.7 Å². The van der Waals surface area contributed by atoms with Crippen LogP contribution in [-0.4, -0.2) is 29.7 Å². The number of carbonyl (C=O) groups excluding carboxylic acids is 1. The molecule has 20 heavy (non-hydrogen) atoms. The Bertz CT molecular complexity index is 574. The van der Waals surface area contributed by atoms with Gasteiger partial charge < -0.3 is 15.2 Å². The summed E-state index contributed by atoms with van der Waals surface area (Å²) >= 11 is 0. The zero-order valence-corrected chi connectivity index (χ0v) is 10.8. The summed E-state index contributed by atoms with van der Waals surface area (Å²) in [4.78, 5) is 23.2. The molecule has 5 nitrogen and oxygen atoms in total. The number of rotatable bonds is 2. The summed E-state index contributed by atoms with van der Waals surface area (Å²) in [5, 5.41) is 4.81. The molecule has 2 heterocycles. The molecular formula is C12H14F3N3O2. The van der Waals surface area contributed by atoms with Crippen LogP contribution < -0.4 is 16.2 Å². The minimum Gasteiger partial charge on any atom is -0.324 e. The molecule has 1 saturated heterocycles. The molecule has 1 unspecified atom stereocenters. The summed E-state index contributed by atoms with van der Waals surface area (Å²) in [6.07, 6.45) is -3.64. The van der Waals surface area contributed by atoms with E-state index in [9.17, 15) is 22.8 Å². The van der Waals surface area contributed by atoms with E-state index >= 15 is 0 Å². The van der Waals surface area contributed by atoms with Gasteiger partial charge in [-0.1, -0.05) is 0 Å². The molecule has 0 aliphatic carbocycles. The Labute approximate surface area is 112 Å². The maximum Gasteiger partial charge on any atom is 0.404 e. The van der Waals surface area contributed by atoms with Crippen molar-refractivity contribution in [1.82, 2.24) is 9.88 Å². The van der Waals surface area contributed by atoms with E-state index in [1.807, 2.05) is 0 Å². The third-order valence-corrected chi connectivity index (χ3v) is 3.48. The van der Waals surface area contributed by atoms with Gasteiger partial charge in [-0.2, -0.15) is 13.2 Å². The van der Waals surface area contributed by atoms with Crippen molar-refractivity contribution in [2.24, 2.45) is 12.5 Å². The number of aryl methyl sites for hydroxylation is 1. The molecule has 1 aliphatic heterocycles. The summed E-state index contributed by atoms with van der Waals surface area (Å²) in [5.74, 6) is -1.10. The number of nitrogens with zero attached hydrogens (tertiary/aromatic N) is 1. The zero-order chi connectivity index (χ0) is 15.0. The molecule has 0 bridgehead atoms. The van der Waals surface area contributed by atoms with Crippen LogP contribution in [0.15, 0.2) is 23.1 Å². The molecule has 1 aromatic heterocycles. The third kappa shape index (κ3) is 2.43. The normalized spacial score (nSPS) is 22.8. The fourth-order valence-electron chi connectivity index (χ4n) is 2.18. The van der Waals surface area contributed by atoms with Crippen molar-refractivity contribution in [1.29, 1.82) is 0 Å². The highest BCUT2D eigenvalue weighted by Gasteiger charge is 2.61. The van der Waals surface area contributed by atoms with Crippen molar-refractivity contribution >= 4 is 11.6 Å². The van der Waals surface area contributed by atoms with Gasteiger partial charge in [-0.05, 0) is 19.0 Å². The third-order valence-electron chi connectivity index (χ3n) is 3.48. The number of amides is 1. The molecule has 0 saturated carbocycles. The summed E-state index contributed by atoms with van der Waals surface area (Å²) < 4.78 is 40.7. The van der Waals surface area contributed by atoms with Gasteiger partial charge in [0.05, 0.1) is 5.69 Å². The van der Waals surface area contributed by atoms with Crippen LogP contribution in [0.1, 0.15) is 6.42 Å². The van der Waals surface area contributed by atoms with E-state index in [2.05, 4.69) is 10.6 Å². The molecule has 2 N–H and O–H groups in total. The Hall–Kier alpha value is -1.83. The van der Waals surface area contributed by atoms with E-state index in [1.165, 1.54) is 29.9 Å². The van der Waals surface area contributed by atoms with Gasteiger partial charge in [0.15, 0.2) is 5.41 Å². The Kier molecular flexibility index (Phi) is 3.59. The van der Waals surface area contributed by atoms with Gasteiger partial charge in [-0.15, -0.1) is 0 Å². The second-order valence-corrected chi connectivity index (χ2v) is 4.83. The first-order valence-corrected chi connectivity index (χ1v) is 6.02. The van der Waals surface area contributed by atoms with Gasteiger partial charge in [0, 0.05) is 25.9 Å². The molecule has 0 radical (unpaired) electrons. The number of carbonyl (C=O) groups is 1. The Morgan fingerprint density at radius 2 is 2.15 bits per heavy atom. The molecule has 0 aromatic carbocycles. The molecule has 1 aliphatic rings. The van der Waals surface area contributed by atoms with Gasteiger partial charge >= 0.3 is 6.18 Å². The molecule has 1 fully saturated rings. The fraction of sp³-hybridized carbons (Fsp3) is 0.500. The SMILES string of the molecule is Cn1cc(NC(=O)C2(C(F)(F)F)CCNC2)ccc1=O. The fourth-order valence-corrected chi connectivity index (χ4v) is 2.18. The lowest BCUT2D eigenvalue weighted by atomic mass is 9.85. The second kappa shape index (κ2) is 4.93. The summed E-state index contributed by atoms with van der Waals surface area (Å²) in [6, 6.07) is 2.47. The van der Waals surface area contributed by atoms with Crippen molar-refractivity contribution in [3.63, 3.8) is 0 Å². The smallest absolute Gasteiger partial charge is 0.324 e. The molecule has 8 heteroatoms. The Balaban J connectivity index is 2.26. The summed E-state index contributed by atoms with van der Waals surface area (Å²) in [6.45, 7) is -0.297. The van der Waals surface area contributed by atoms with Crippen LogP contribution in [-0.2, 0) is 11.8 Å². The van der Waals surface area contributed by atoms with Crippen LogP contribution in [0.5, 0.6) is 0 Å². The minimum absolute atomic E-state index is 0.139. The van der Waals surface area contributed by atoms with E-state index in [1.54, 1.807) is 0 Å². The van der Waals surface area contributed by atoms with Crippen molar-refractivity contribution < 1.29 is 18.0 Å². The molecular weight excluding hydrogens is 275 g/mol. The van der Waals surface area contributed by atoms with Crippen LogP contribution in [0.4, 0.5) is 18.9 Å². The molecule has 110 valence electrons. The highest BCUT2D eigenvalue weighted by Crippen LogP contribution is 2.43. The van der Waals surface area contributed by atoms with E-state index in [0.717, 1.165) is 0 Å². The van der Waals surface area contributed by atoms with Crippen LogP contribution in [0.25, 0.3) is 0 Å². The number of halogens is 3. The first kappa shape index (κ1) is 14.6. The van der Waals surface area contributed by atoms with Gasteiger partial charge in [0.2, 0.25) is 11.5 Å². The van der Waals surface area contributed by atoms with E-state index in [-0.39, 0.29) is 24.2 Å². The van der Waals surface area contributed by atoms with Crippen LogP contribution in [0.3, 0.4) is 0 Å². The first-order valence-electron chi connectivity index (χ1n) is 6.02. The van der Waals surface area contributed by atoms with Gasteiger partial charge in [-0.25, -0.2) is 0 Å². The Morgan fingerprint density at radius 1 is 1.45 bits per heavy atom. The number of hydrogen-bond donors (Lipinski definition) is 2. The lowest BCUT2D eigenvalue weighted by molar-refractivity contribution is -0.213. The van der Waals surface area contributed by atoms with Crippen molar-refractivity contribution in [2.75, 3.05) is 18.4 Å². The highest BCUT2D eigenvalue weighted by molar-refractivity contribution is 5.96. The second-order valence-electron chi connectivity index (χ2n) is 4.83. The van der Waals surface area contributed by atoms with E-state index < -0.39 is 24.0 Å². The zero-order valence-electron chi connectivity index (χ0n) is 10.8. The lowest BCUT2D eigenvalue weighted by Crippen LogP contribution is -2.49. The predicted molar refractivity (Wildman–Crippen MR) is 66.3 cm³/mol. The summed E-state index contributed by atoms with van der Waals surface area (Å²) in [7, 11) is 1.45. The number of alkyl halides is 3. The maximum atomic E-state index is 13.2. The molecule has 2 rings (SSSR count). The van der Waals surface area contributed by atoms with Crippen LogP contribution in [0, 0.1) is 5.41 Å². The van der Waals surface area contributed by atoms with Crippen LogP contribution in [0.2, 0.25) is 0 Å². The molecule has 1 atom stereocenters. The van der Waals surface area contributed by atoms with E-state index in [4.69, 9.17) is 0 Å². The average molecular weight is 289 g/mol. The van der Waals surface area contributed by atoms with Crippen molar-refractivity contribution in [3.8, 4) is 0 Å². The van der Waals surface area contributed by atoms with Crippen LogP contribution >= 0.6 is 0 Å². The van der Waals surface area contributed by atoms with E-state index in [0.29, 0.717) is 0 Å². The number of pyridine rings is 1. The highest BCUT2D eigenvalue weighted by atomic mass is 19.4. The number of anilines is 1. The number of hydrogen-bond acceptors (Lipinski definition) is 3. The lowest BCUT2D eigenvalue weighted by Gasteiger charge is -2.29. The number of nitrogens with one attached hydrogen (secondary N) is 2. The van der Waals surface area contributed by atoms with Gasteiger partial charge in [-0.3, -0.25) is 9.59 Å².